The second-order valence-electron chi connectivity index (χ2n) is 6.38. The van der Waals surface area contributed by atoms with E-state index in [1.54, 1.807) is 7.11 Å². The zero-order chi connectivity index (χ0) is 16.2. The topological polar surface area (TPSA) is 58.6 Å². The molecular weight excluding hydrogens is 292 g/mol. The molecule has 1 aromatic carbocycles. The number of ether oxygens (including phenoxy) is 1. The highest BCUT2D eigenvalue weighted by Crippen LogP contribution is 2.28. The molecule has 3 rings (SSSR count). The zero-order valence-electron chi connectivity index (χ0n) is 13.6. The van der Waals surface area contributed by atoms with E-state index in [-0.39, 0.29) is 23.8 Å². The molecule has 2 aliphatic rings. The fourth-order valence-electron chi connectivity index (χ4n) is 3.64. The van der Waals surface area contributed by atoms with Crippen LogP contribution in [0.5, 0.6) is 5.75 Å². The van der Waals surface area contributed by atoms with Crippen LogP contribution in [-0.2, 0) is 16.0 Å². The van der Waals surface area contributed by atoms with Crippen molar-refractivity contribution in [1.82, 2.24) is 10.2 Å². The SMILES string of the molecule is COc1ccccc1CC1CCCN1C(=O)C1CCC(=O)NC1. The van der Waals surface area contributed by atoms with Gasteiger partial charge in [0.05, 0.1) is 13.0 Å². The van der Waals surface area contributed by atoms with Gasteiger partial charge in [0.15, 0.2) is 0 Å². The average Bonchev–Trinajstić information content (AvgIpc) is 3.03. The molecule has 0 radical (unpaired) electrons. The lowest BCUT2D eigenvalue weighted by Gasteiger charge is -2.31. The van der Waals surface area contributed by atoms with Crippen molar-refractivity contribution in [1.29, 1.82) is 0 Å². The predicted octanol–water partition coefficient (Wildman–Crippen LogP) is 1.75. The second-order valence-corrected chi connectivity index (χ2v) is 6.38. The Morgan fingerprint density at radius 3 is 2.91 bits per heavy atom. The molecule has 0 spiro atoms. The van der Waals surface area contributed by atoms with Crippen LogP contribution in [0.15, 0.2) is 24.3 Å². The number of nitrogens with zero attached hydrogens (tertiary/aromatic N) is 1. The third-order valence-corrected chi connectivity index (χ3v) is 4.92. The van der Waals surface area contributed by atoms with Crippen molar-refractivity contribution < 1.29 is 14.3 Å². The first-order valence-corrected chi connectivity index (χ1v) is 8.38. The van der Waals surface area contributed by atoms with Gasteiger partial charge in [-0.25, -0.2) is 0 Å². The van der Waals surface area contributed by atoms with E-state index < -0.39 is 0 Å². The minimum Gasteiger partial charge on any atom is -0.496 e. The van der Waals surface area contributed by atoms with Gasteiger partial charge >= 0.3 is 0 Å². The van der Waals surface area contributed by atoms with Crippen LogP contribution in [0.4, 0.5) is 0 Å². The number of carbonyl (C=O) groups excluding carboxylic acids is 2. The van der Waals surface area contributed by atoms with Gasteiger partial charge in [0, 0.05) is 25.6 Å². The van der Waals surface area contributed by atoms with Crippen LogP contribution < -0.4 is 10.1 Å². The van der Waals surface area contributed by atoms with Gasteiger partial charge < -0.3 is 15.0 Å². The minimum atomic E-state index is -0.0639. The first kappa shape index (κ1) is 15.8. The summed E-state index contributed by atoms with van der Waals surface area (Å²) in [5.41, 5.74) is 1.15. The summed E-state index contributed by atoms with van der Waals surface area (Å²) >= 11 is 0. The Morgan fingerprint density at radius 2 is 2.17 bits per heavy atom. The monoisotopic (exact) mass is 316 g/mol. The van der Waals surface area contributed by atoms with Gasteiger partial charge in [-0.15, -0.1) is 0 Å². The predicted molar refractivity (Wildman–Crippen MR) is 87.2 cm³/mol. The largest absolute Gasteiger partial charge is 0.496 e. The number of piperidine rings is 1. The van der Waals surface area contributed by atoms with Crippen LogP contribution in [-0.4, -0.2) is 43.0 Å². The van der Waals surface area contributed by atoms with Crippen LogP contribution in [0, 0.1) is 5.92 Å². The first-order chi connectivity index (χ1) is 11.2. The molecule has 5 heteroatoms. The highest BCUT2D eigenvalue weighted by molar-refractivity contribution is 5.84. The summed E-state index contributed by atoms with van der Waals surface area (Å²) in [4.78, 5) is 26.1. The molecule has 2 fully saturated rings. The van der Waals surface area contributed by atoms with E-state index in [1.807, 2.05) is 23.1 Å². The number of hydrogen-bond acceptors (Lipinski definition) is 3. The molecule has 0 saturated carbocycles. The fourth-order valence-corrected chi connectivity index (χ4v) is 3.64. The number of carbonyl (C=O) groups is 2. The van der Waals surface area contributed by atoms with E-state index in [0.717, 1.165) is 37.1 Å². The molecule has 124 valence electrons. The number of amides is 2. The maximum atomic E-state index is 12.8. The van der Waals surface area contributed by atoms with Gasteiger partial charge in [0.2, 0.25) is 11.8 Å². The van der Waals surface area contributed by atoms with Crippen molar-refractivity contribution in [3.63, 3.8) is 0 Å². The van der Waals surface area contributed by atoms with Crippen molar-refractivity contribution in [2.75, 3.05) is 20.2 Å². The standard InChI is InChI=1S/C18H24N2O3/c1-23-16-7-3-2-5-13(16)11-15-6-4-10-20(15)18(22)14-8-9-17(21)19-12-14/h2-3,5,7,14-15H,4,6,8-12H2,1H3,(H,19,21). The lowest BCUT2D eigenvalue weighted by molar-refractivity contribution is -0.138. The summed E-state index contributed by atoms with van der Waals surface area (Å²) in [7, 11) is 1.68. The Morgan fingerprint density at radius 1 is 1.35 bits per heavy atom. The lowest BCUT2D eigenvalue weighted by Crippen LogP contribution is -2.46. The third kappa shape index (κ3) is 3.49. The van der Waals surface area contributed by atoms with Gasteiger partial charge in [-0.3, -0.25) is 9.59 Å². The molecule has 0 aromatic heterocycles. The normalized spacial score (nSPS) is 24.4. The van der Waals surface area contributed by atoms with Crippen LogP contribution in [0.3, 0.4) is 0 Å². The summed E-state index contributed by atoms with van der Waals surface area (Å²) in [5.74, 6) is 1.08. The molecule has 2 atom stereocenters. The number of nitrogens with one attached hydrogen (secondary N) is 1. The summed E-state index contributed by atoms with van der Waals surface area (Å²) < 4.78 is 5.43. The summed E-state index contributed by atoms with van der Waals surface area (Å²) in [6, 6.07) is 8.24. The maximum Gasteiger partial charge on any atom is 0.227 e. The number of methoxy groups -OCH3 is 1. The lowest BCUT2D eigenvalue weighted by atomic mass is 9.96. The van der Waals surface area contributed by atoms with Gasteiger partial charge in [-0.05, 0) is 37.3 Å². The second kappa shape index (κ2) is 7.02. The molecule has 2 heterocycles. The number of para-hydroxylation sites is 1. The van der Waals surface area contributed by atoms with Crippen LogP contribution in [0.25, 0.3) is 0 Å². The van der Waals surface area contributed by atoms with E-state index in [2.05, 4.69) is 11.4 Å². The molecule has 2 amide bonds. The Labute approximate surface area is 137 Å². The molecule has 0 aliphatic carbocycles. The summed E-state index contributed by atoms with van der Waals surface area (Å²) in [6.07, 6.45) is 4.03. The van der Waals surface area contributed by atoms with Crippen LogP contribution in [0.2, 0.25) is 0 Å². The smallest absolute Gasteiger partial charge is 0.227 e. The molecule has 5 nitrogen and oxygen atoms in total. The highest BCUT2D eigenvalue weighted by Gasteiger charge is 2.34. The molecule has 2 saturated heterocycles. The van der Waals surface area contributed by atoms with Crippen molar-refractivity contribution in [2.45, 2.75) is 38.1 Å². The average molecular weight is 316 g/mol. The van der Waals surface area contributed by atoms with Gasteiger partial charge in [0.1, 0.15) is 5.75 Å². The van der Waals surface area contributed by atoms with Crippen molar-refractivity contribution in [3.8, 4) is 5.75 Å². The fraction of sp³-hybridized carbons (Fsp3) is 0.556. The Kier molecular flexibility index (Phi) is 4.84. The molecule has 1 N–H and O–H groups in total. The van der Waals surface area contributed by atoms with Gasteiger partial charge in [-0.1, -0.05) is 18.2 Å². The Hall–Kier alpha value is -2.04. The van der Waals surface area contributed by atoms with E-state index in [0.29, 0.717) is 19.4 Å². The number of hydrogen-bond donors (Lipinski definition) is 1. The first-order valence-electron chi connectivity index (χ1n) is 8.38. The molecular formula is C18H24N2O3. The van der Waals surface area contributed by atoms with E-state index in [4.69, 9.17) is 4.74 Å². The molecule has 0 bridgehead atoms. The van der Waals surface area contributed by atoms with Crippen molar-refractivity contribution >= 4 is 11.8 Å². The number of likely N-dealkylation sites (tertiary alicyclic amines) is 1. The van der Waals surface area contributed by atoms with Crippen molar-refractivity contribution in [2.24, 2.45) is 5.92 Å². The summed E-state index contributed by atoms with van der Waals surface area (Å²) in [6.45, 7) is 1.30. The van der Waals surface area contributed by atoms with Crippen LogP contribution in [0.1, 0.15) is 31.2 Å². The quantitative estimate of drug-likeness (QED) is 0.921. The zero-order valence-corrected chi connectivity index (χ0v) is 13.6. The van der Waals surface area contributed by atoms with Crippen LogP contribution >= 0.6 is 0 Å². The minimum absolute atomic E-state index is 0.0565. The molecule has 2 unspecified atom stereocenters. The van der Waals surface area contributed by atoms with Gasteiger partial charge in [-0.2, -0.15) is 0 Å². The number of rotatable bonds is 4. The molecule has 23 heavy (non-hydrogen) atoms. The third-order valence-electron chi connectivity index (χ3n) is 4.92. The van der Waals surface area contributed by atoms with E-state index in [9.17, 15) is 9.59 Å². The highest BCUT2D eigenvalue weighted by atomic mass is 16.5. The molecule has 1 aromatic rings. The molecule has 2 aliphatic heterocycles. The maximum absolute atomic E-state index is 12.8. The van der Waals surface area contributed by atoms with Gasteiger partial charge in [0.25, 0.3) is 0 Å². The number of benzene rings is 1. The summed E-state index contributed by atoms with van der Waals surface area (Å²) in [5, 5.41) is 2.81. The Balaban J connectivity index is 1.67. The Bertz CT molecular complexity index is 577. The van der Waals surface area contributed by atoms with E-state index in [1.165, 1.54) is 0 Å². The van der Waals surface area contributed by atoms with E-state index >= 15 is 0 Å². The van der Waals surface area contributed by atoms with Crippen molar-refractivity contribution in [3.05, 3.63) is 29.8 Å².